The van der Waals surface area contributed by atoms with Crippen molar-refractivity contribution in [3.8, 4) is 0 Å². The normalized spacial score (nSPS) is 24.3. The number of nitrogens with zero attached hydrogens (tertiary/aromatic N) is 1. The van der Waals surface area contributed by atoms with Crippen LogP contribution in [-0.2, 0) is 0 Å². The van der Waals surface area contributed by atoms with E-state index in [1.807, 2.05) is 42.5 Å². The van der Waals surface area contributed by atoms with Gasteiger partial charge in [-0.25, -0.2) is 9.38 Å². The molecule has 0 N–H and O–H groups in total. The number of unbranched alkanes of at least 4 members (excludes halogenated alkanes) is 2. The Morgan fingerprint density at radius 3 is 2.67 bits per heavy atom. The van der Waals surface area contributed by atoms with Crippen LogP contribution in [0.5, 0.6) is 0 Å². The summed E-state index contributed by atoms with van der Waals surface area (Å²) in [5, 5.41) is 2.43. The van der Waals surface area contributed by atoms with E-state index >= 15 is 0 Å². The van der Waals surface area contributed by atoms with E-state index in [9.17, 15) is 4.39 Å². The molecule has 3 heteroatoms. The van der Waals surface area contributed by atoms with E-state index in [-0.39, 0.29) is 11.7 Å². The topological polar surface area (TPSA) is 12.4 Å². The smallest absolute Gasteiger partial charge is 0.110 e. The number of hydrogen-bond acceptors (Lipinski definition) is 2. The number of isothiocyanates is 1. The molecule has 1 aliphatic rings. The second-order valence-electron chi connectivity index (χ2n) is 5.43. The lowest BCUT2D eigenvalue weighted by Crippen LogP contribution is -2.24. The van der Waals surface area contributed by atoms with Crippen molar-refractivity contribution < 1.29 is 4.39 Å². The summed E-state index contributed by atoms with van der Waals surface area (Å²) in [6, 6.07) is 9.66. The van der Waals surface area contributed by atoms with Crippen LogP contribution in [0.1, 0.15) is 44.1 Å². The predicted octanol–water partition coefficient (Wildman–Crippen LogP) is 5.62. The Morgan fingerprint density at radius 2 is 2.05 bits per heavy atom. The van der Waals surface area contributed by atoms with Gasteiger partial charge in [0, 0.05) is 0 Å². The first kappa shape index (κ1) is 15.8. The zero-order valence-electron chi connectivity index (χ0n) is 12.3. The Morgan fingerprint density at radius 1 is 1.29 bits per heavy atom. The maximum Gasteiger partial charge on any atom is 0.110 e. The highest BCUT2D eigenvalue weighted by molar-refractivity contribution is 7.78. The summed E-state index contributed by atoms with van der Waals surface area (Å²) in [6.07, 6.45) is 9.49. The number of halogens is 1. The number of rotatable bonds is 6. The van der Waals surface area contributed by atoms with Gasteiger partial charge in [-0.3, -0.25) is 0 Å². The molecule has 0 saturated heterocycles. The Hall–Kier alpha value is -1.57. The standard InChI is InChI=1S/C18H20FNS/c1-2-3-7-11-18(20-14-21)12-10-16(17(19)13-18)15-8-5-4-6-9-15/h4-6,8-10,12-13,16H,2-3,7,11H2,1H3. The molecule has 1 aromatic rings. The summed E-state index contributed by atoms with van der Waals surface area (Å²) < 4.78 is 14.5. The highest BCUT2D eigenvalue weighted by Gasteiger charge is 2.30. The molecule has 0 radical (unpaired) electrons. The zero-order chi connectivity index (χ0) is 15.1. The predicted molar refractivity (Wildman–Crippen MR) is 89.4 cm³/mol. The van der Waals surface area contributed by atoms with Gasteiger partial charge in [0.2, 0.25) is 0 Å². The molecular weight excluding hydrogens is 281 g/mol. The lowest BCUT2D eigenvalue weighted by Gasteiger charge is -2.27. The quantitative estimate of drug-likeness (QED) is 0.288. The van der Waals surface area contributed by atoms with Gasteiger partial charge in [0.05, 0.1) is 11.1 Å². The van der Waals surface area contributed by atoms with E-state index in [2.05, 4.69) is 17.1 Å². The fourth-order valence-electron chi connectivity index (χ4n) is 2.69. The minimum absolute atomic E-state index is 0.158. The molecule has 0 aliphatic heterocycles. The molecule has 1 nitrogen and oxygen atoms in total. The van der Waals surface area contributed by atoms with Crippen molar-refractivity contribution in [2.24, 2.45) is 4.99 Å². The Labute approximate surface area is 131 Å². The van der Waals surface area contributed by atoms with Crippen LogP contribution in [0.2, 0.25) is 0 Å². The van der Waals surface area contributed by atoms with Crippen LogP contribution >= 0.6 is 12.2 Å². The monoisotopic (exact) mass is 301 g/mol. The van der Waals surface area contributed by atoms with Gasteiger partial charge in [-0.2, -0.15) is 0 Å². The van der Waals surface area contributed by atoms with E-state index in [0.29, 0.717) is 0 Å². The van der Waals surface area contributed by atoms with Crippen LogP contribution in [0.25, 0.3) is 0 Å². The molecule has 1 aromatic carbocycles. The Bertz CT molecular complexity index is 572. The maximum atomic E-state index is 14.5. The van der Waals surface area contributed by atoms with Gasteiger partial charge in [0.25, 0.3) is 0 Å². The van der Waals surface area contributed by atoms with Crippen LogP contribution < -0.4 is 0 Å². The molecule has 1 aliphatic carbocycles. The Kier molecular flexibility index (Phi) is 5.60. The molecule has 0 amide bonds. The number of aliphatic imine (C=N–C) groups is 1. The minimum atomic E-state index is -0.647. The van der Waals surface area contributed by atoms with Crippen LogP contribution in [-0.4, -0.2) is 10.7 Å². The molecule has 0 heterocycles. The van der Waals surface area contributed by atoms with Gasteiger partial charge >= 0.3 is 0 Å². The average molecular weight is 301 g/mol. The summed E-state index contributed by atoms with van der Waals surface area (Å²) >= 11 is 4.74. The number of hydrogen-bond donors (Lipinski definition) is 0. The zero-order valence-corrected chi connectivity index (χ0v) is 13.1. The molecule has 2 unspecified atom stereocenters. The van der Waals surface area contributed by atoms with Crippen LogP contribution in [0, 0.1) is 0 Å². The first-order chi connectivity index (χ1) is 10.2. The van der Waals surface area contributed by atoms with E-state index in [1.165, 1.54) is 0 Å². The molecule has 21 heavy (non-hydrogen) atoms. The van der Waals surface area contributed by atoms with Crippen molar-refractivity contribution >= 4 is 17.4 Å². The summed E-state index contributed by atoms with van der Waals surface area (Å²) in [5.74, 6) is -0.472. The number of thiocarbonyl (C=S) groups is 1. The molecule has 110 valence electrons. The molecule has 0 aromatic heterocycles. The Balaban J connectivity index is 2.23. The summed E-state index contributed by atoms with van der Waals surface area (Å²) in [5.41, 5.74) is 0.308. The SMILES string of the molecule is CCCCCC1(N=C=S)C=CC(c2ccccc2)C(F)=C1. The molecule has 2 atom stereocenters. The van der Waals surface area contributed by atoms with Crippen molar-refractivity contribution in [2.45, 2.75) is 44.1 Å². The number of allylic oxidation sites excluding steroid dienone is 2. The summed E-state index contributed by atoms with van der Waals surface area (Å²) in [6.45, 7) is 2.15. The summed E-state index contributed by atoms with van der Waals surface area (Å²) in [7, 11) is 0. The third kappa shape index (κ3) is 3.96. The third-order valence-corrected chi connectivity index (χ3v) is 3.95. The van der Waals surface area contributed by atoms with Crippen LogP contribution in [0.4, 0.5) is 4.39 Å². The first-order valence-corrected chi connectivity index (χ1v) is 7.83. The van der Waals surface area contributed by atoms with Gasteiger partial charge in [-0.05, 0) is 30.3 Å². The van der Waals surface area contributed by atoms with E-state index in [4.69, 9.17) is 12.2 Å². The lowest BCUT2D eigenvalue weighted by molar-refractivity contribution is 0.495. The van der Waals surface area contributed by atoms with Crippen LogP contribution in [0.15, 0.2) is 59.4 Å². The summed E-state index contributed by atoms with van der Waals surface area (Å²) in [4.78, 5) is 4.23. The fraction of sp³-hybridized carbons (Fsp3) is 0.389. The maximum absolute atomic E-state index is 14.5. The highest BCUT2D eigenvalue weighted by Crippen LogP contribution is 2.37. The van der Waals surface area contributed by atoms with E-state index < -0.39 is 5.54 Å². The van der Waals surface area contributed by atoms with Crippen LogP contribution in [0.3, 0.4) is 0 Å². The van der Waals surface area contributed by atoms with E-state index in [1.54, 1.807) is 6.08 Å². The second kappa shape index (κ2) is 7.44. The molecule has 0 fully saturated rings. The molecule has 0 spiro atoms. The van der Waals surface area contributed by atoms with Crippen molar-refractivity contribution in [2.75, 3.05) is 0 Å². The van der Waals surface area contributed by atoms with Crippen molar-refractivity contribution in [1.82, 2.24) is 0 Å². The minimum Gasteiger partial charge on any atom is -0.217 e. The van der Waals surface area contributed by atoms with Crippen molar-refractivity contribution in [1.29, 1.82) is 0 Å². The van der Waals surface area contributed by atoms with E-state index in [0.717, 1.165) is 31.2 Å². The van der Waals surface area contributed by atoms with Gasteiger partial charge in [-0.15, -0.1) is 0 Å². The fourth-order valence-corrected chi connectivity index (χ4v) is 2.86. The molecule has 0 bridgehead atoms. The molecular formula is C18H20FNS. The van der Waals surface area contributed by atoms with Crippen molar-refractivity contribution in [3.63, 3.8) is 0 Å². The molecule has 2 rings (SSSR count). The lowest BCUT2D eigenvalue weighted by atomic mass is 9.83. The van der Waals surface area contributed by atoms with Gasteiger partial charge < -0.3 is 0 Å². The second-order valence-corrected chi connectivity index (χ2v) is 5.61. The van der Waals surface area contributed by atoms with Gasteiger partial charge in [0.1, 0.15) is 11.4 Å². The molecule has 0 saturated carbocycles. The highest BCUT2D eigenvalue weighted by atomic mass is 32.1. The van der Waals surface area contributed by atoms with Crippen molar-refractivity contribution in [3.05, 3.63) is 60.0 Å². The van der Waals surface area contributed by atoms with Gasteiger partial charge in [0.15, 0.2) is 0 Å². The third-order valence-electron chi connectivity index (χ3n) is 3.86. The largest absolute Gasteiger partial charge is 0.217 e. The van der Waals surface area contributed by atoms with Gasteiger partial charge in [-0.1, -0.05) is 68.7 Å². The first-order valence-electron chi connectivity index (χ1n) is 7.42. The number of benzene rings is 1. The average Bonchev–Trinajstić information content (AvgIpc) is 2.49.